The third kappa shape index (κ3) is 1.59. The van der Waals surface area contributed by atoms with Crippen LogP contribution in [0.3, 0.4) is 0 Å². The highest BCUT2D eigenvalue weighted by atomic mass is 15.3. The summed E-state index contributed by atoms with van der Waals surface area (Å²) in [4.78, 5) is 11.4. The summed E-state index contributed by atoms with van der Waals surface area (Å²) in [6, 6.07) is 12.7. The molecule has 2 aromatic rings. The highest BCUT2D eigenvalue weighted by molar-refractivity contribution is 6.13. The first-order chi connectivity index (χ1) is 9.84. The van der Waals surface area contributed by atoms with Crippen LogP contribution >= 0.6 is 0 Å². The topological polar surface area (TPSA) is 28.5 Å². The van der Waals surface area contributed by atoms with Crippen LogP contribution < -0.4 is 4.90 Å². The molecule has 0 fully saturated rings. The molecule has 1 atom stereocenters. The van der Waals surface area contributed by atoms with Gasteiger partial charge in [0.25, 0.3) is 0 Å². The molecular formula is C17H15N3. The Balaban J connectivity index is 1.90. The van der Waals surface area contributed by atoms with Crippen molar-refractivity contribution in [1.29, 1.82) is 0 Å². The Kier molecular flexibility index (Phi) is 2.46. The number of amidine groups is 1. The molecule has 3 nitrogen and oxygen atoms in total. The molecule has 2 aliphatic rings. The number of anilines is 2. The van der Waals surface area contributed by atoms with E-state index >= 15 is 0 Å². The zero-order valence-corrected chi connectivity index (χ0v) is 11.3. The SMILES string of the molecule is Cc1ccc(N2C3=NC=CCC3c3cccnc32)cc1. The van der Waals surface area contributed by atoms with Crippen molar-refractivity contribution in [3.63, 3.8) is 0 Å². The molecule has 1 unspecified atom stereocenters. The van der Waals surface area contributed by atoms with Crippen molar-refractivity contribution in [2.45, 2.75) is 19.3 Å². The van der Waals surface area contributed by atoms with Gasteiger partial charge in [-0.05, 0) is 31.5 Å². The van der Waals surface area contributed by atoms with Gasteiger partial charge in [0.1, 0.15) is 11.7 Å². The van der Waals surface area contributed by atoms with Gasteiger partial charge in [0.2, 0.25) is 0 Å². The van der Waals surface area contributed by atoms with Crippen molar-refractivity contribution in [2.75, 3.05) is 4.90 Å². The Hall–Kier alpha value is -2.42. The fraction of sp³-hybridized carbons (Fsp3) is 0.176. The van der Waals surface area contributed by atoms with Crippen LogP contribution in [-0.2, 0) is 0 Å². The maximum Gasteiger partial charge on any atom is 0.142 e. The number of benzene rings is 1. The van der Waals surface area contributed by atoms with Crippen molar-refractivity contribution >= 4 is 17.3 Å². The van der Waals surface area contributed by atoms with Gasteiger partial charge in [0.05, 0.1) is 0 Å². The van der Waals surface area contributed by atoms with Crippen molar-refractivity contribution in [2.24, 2.45) is 4.99 Å². The third-order valence-electron chi connectivity index (χ3n) is 3.92. The number of aromatic nitrogens is 1. The van der Waals surface area contributed by atoms with Gasteiger partial charge in [-0.3, -0.25) is 4.90 Å². The van der Waals surface area contributed by atoms with E-state index in [2.05, 4.69) is 58.2 Å². The Morgan fingerprint density at radius 2 is 2.00 bits per heavy atom. The maximum absolute atomic E-state index is 4.61. The lowest BCUT2D eigenvalue weighted by Gasteiger charge is -2.22. The van der Waals surface area contributed by atoms with E-state index in [1.54, 1.807) is 0 Å². The Labute approximate surface area is 118 Å². The summed E-state index contributed by atoms with van der Waals surface area (Å²) in [6.45, 7) is 2.10. The van der Waals surface area contributed by atoms with E-state index in [1.165, 1.54) is 11.1 Å². The molecule has 0 saturated heterocycles. The molecule has 4 rings (SSSR count). The second kappa shape index (κ2) is 4.30. The van der Waals surface area contributed by atoms with Gasteiger partial charge in [-0.25, -0.2) is 9.98 Å². The van der Waals surface area contributed by atoms with Gasteiger partial charge in [0, 0.05) is 29.6 Å². The van der Waals surface area contributed by atoms with E-state index in [4.69, 9.17) is 0 Å². The average molecular weight is 261 g/mol. The molecule has 0 radical (unpaired) electrons. The summed E-state index contributed by atoms with van der Waals surface area (Å²) >= 11 is 0. The Bertz CT molecular complexity index is 713. The van der Waals surface area contributed by atoms with E-state index in [-0.39, 0.29) is 0 Å². The van der Waals surface area contributed by atoms with Gasteiger partial charge in [-0.2, -0.15) is 0 Å². The smallest absolute Gasteiger partial charge is 0.142 e. The lowest BCUT2D eigenvalue weighted by molar-refractivity contribution is 0.905. The summed E-state index contributed by atoms with van der Waals surface area (Å²) in [6.07, 6.45) is 6.88. The minimum atomic E-state index is 0.338. The number of nitrogens with zero attached hydrogens (tertiary/aromatic N) is 3. The predicted molar refractivity (Wildman–Crippen MR) is 81.5 cm³/mol. The molecule has 0 bridgehead atoms. The Morgan fingerprint density at radius 1 is 1.15 bits per heavy atom. The largest absolute Gasteiger partial charge is 0.282 e. The van der Waals surface area contributed by atoms with E-state index in [0.717, 1.165) is 23.8 Å². The number of allylic oxidation sites excluding steroid dienone is 1. The first kappa shape index (κ1) is 11.4. The second-order valence-electron chi connectivity index (χ2n) is 5.25. The fourth-order valence-corrected chi connectivity index (χ4v) is 2.93. The molecule has 98 valence electrons. The van der Waals surface area contributed by atoms with E-state index in [1.807, 2.05) is 18.5 Å². The fourth-order valence-electron chi connectivity index (χ4n) is 2.93. The summed E-state index contributed by atoms with van der Waals surface area (Å²) in [5, 5.41) is 0. The van der Waals surface area contributed by atoms with Crippen molar-refractivity contribution in [3.8, 4) is 0 Å². The summed E-state index contributed by atoms with van der Waals surface area (Å²) < 4.78 is 0. The van der Waals surface area contributed by atoms with Crippen LogP contribution in [0, 0.1) is 6.92 Å². The van der Waals surface area contributed by atoms with E-state index < -0.39 is 0 Å². The molecule has 1 aromatic heterocycles. The van der Waals surface area contributed by atoms with Crippen LogP contribution in [0.15, 0.2) is 59.9 Å². The molecule has 0 spiro atoms. The van der Waals surface area contributed by atoms with Crippen molar-refractivity contribution < 1.29 is 0 Å². The highest BCUT2D eigenvalue weighted by Gasteiger charge is 2.37. The number of hydrogen-bond donors (Lipinski definition) is 0. The van der Waals surface area contributed by atoms with Gasteiger partial charge >= 0.3 is 0 Å². The second-order valence-corrected chi connectivity index (χ2v) is 5.25. The first-order valence-electron chi connectivity index (χ1n) is 6.89. The quantitative estimate of drug-likeness (QED) is 0.777. The van der Waals surface area contributed by atoms with Crippen LogP contribution in [0.2, 0.25) is 0 Å². The molecule has 1 aromatic carbocycles. The normalized spacial score (nSPS) is 19.6. The molecule has 3 heterocycles. The minimum Gasteiger partial charge on any atom is -0.282 e. The average Bonchev–Trinajstić information content (AvgIpc) is 2.83. The van der Waals surface area contributed by atoms with Crippen molar-refractivity contribution in [3.05, 3.63) is 66.0 Å². The minimum absolute atomic E-state index is 0.338. The van der Waals surface area contributed by atoms with Gasteiger partial charge < -0.3 is 0 Å². The third-order valence-corrected chi connectivity index (χ3v) is 3.92. The van der Waals surface area contributed by atoms with Crippen LogP contribution in [0.25, 0.3) is 0 Å². The van der Waals surface area contributed by atoms with Gasteiger partial charge in [-0.15, -0.1) is 0 Å². The lowest BCUT2D eigenvalue weighted by Crippen LogP contribution is -2.25. The summed E-state index contributed by atoms with van der Waals surface area (Å²) in [7, 11) is 0. The molecule has 2 aliphatic heterocycles. The van der Waals surface area contributed by atoms with E-state index in [0.29, 0.717) is 5.92 Å². The van der Waals surface area contributed by atoms with Crippen LogP contribution in [-0.4, -0.2) is 10.8 Å². The van der Waals surface area contributed by atoms with Crippen LogP contribution in [0.1, 0.15) is 23.5 Å². The molecule has 0 N–H and O–H groups in total. The van der Waals surface area contributed by atoms with Gasteiger partial charge in [-0.1, -0.05) is 29.8 Å². The number of pyridine rings is 1. The van der Waals surface area contributed by atoms with Crippen molar-refractivity contribution in [1.82, 2.24) is 4.98 Å². The molecule has 0 saturated carbocycles. The maximum atomic E-state index is 4.61. The number of fused-ring (bicyclic) bond motifs is 3. The molecule has 0 aliphatic carbocycles. The molecule has 20 heavy (non-hydrogen) atoms. The van der Waals surface area contributed by atoms with E-state index in [9.17, 15) is 0 Å². The first-order valence-corrected chi connectivity index (χ1v) is 6.89. The molecule has 3 heteroatoms. The van der Waals surface area contributed by atoms with Gasteiger partial charge in [0.15, 0.2) is 0 Å². The number of aryl methyl sites for hydroxylation is 1. The van der Waals surface area contributed by atoms with Crippen LogP contribution in [0.5, 0.6) is 0 Å². The van der Waals surface area contributed by atoms with Crippen LogP contribution in [0.4, 0.5) is 11.5 Å². The number of aliphatic imine (C=N–C) groups is 1. The predicted octanol–water partition coefficient (Wildman–Crippen LogP) is 3.94. The number of rotatable bonds is 1. The highest BCUT2D eigenvalue weighted by Crippen LogP contribution is 2.43. The monoisotopic (exact) mass is 261 g/mol. The summed E-state index contributed by atoms with van der Waals surface area (Å²) in [5.74, 6) is 2.44. The molecule has 0 amide bonds. The lowest BCUT2D eigenvalue weighted by atomic mass is 9.97. The zero-order valence-electron chi connectivity index (χ0n) is 11.3. The zero-order chi connectivity index (χ0) is 13.5. The summed E-state index contributed by atoms with van der Waals surface area (Å²) in [5.41, 5.74) is 3.67. The molecular weight excluding hydrogens is 246 g/mol. The Morgan fingerprint density at radius 3 is 2.85 bits per heavy atom. The number of hydrogen-bond acceptors (Lipinski definition) is 3. The standard InChI is InChI=1S/C17H15N3/c1-12-6-8-13(9-7-12)20-16-14(4-2-10-18-16)15-5-3-11-19-17(15)20/h2-4,6-11,15H,5H2,1H3.